The van der Waals surface area contributed by atoms with E-state index in [0.29, 0.717) is 31.1 Å². The van der Waals surface area contributed by atoms with Crippen molar-refractivity contribution in [1.29, 1.82) is 0 Å². The van der Waals surface area contributed by atoms with E-state index in [1.165, 1.54) is 6.07 Å². The quantitative estimate of drug-likeness (QED) is 0.327. The van der Waals surface area contributed by atoms with Gasteiger partial charge in [-0.15, -0.1) is 0 Å². The van der Waals surface area contributed by atoms with Gasteiger partial charge in [0.25, 0.3) is 0 Å². The molecule has 1 aromatic rings. The molecule has 1 fully saturated rings. The molecule has 1 heterocycles. The molecular formula is C19H29BrFN5O. The van der Waals surface area contributed by atoms with Crippen molar-refractivity contribution >= 4 is 27.8 Å². The molecule has 2 rings (SSSR count). The van der Waals surface area contributed by atoms with Crippen LogP contribution < -0.4 is 16.4 Å². The largest absolute Gasteiger partial charge is 0.369 e. The van der Waals surface area contributed by atoms with Crippen molar-refractivity contribution in [3.8, 4) is 0 Å². The first-order valence-corrected chi connectivity index (χ1v) is 10.3. The molecule has 4 N–H and O–H groups in total. The summed E-state index contributed by atoms with van der Waals surface area (Å²) < 4.78 is 14.6. The highest BCUT2D eigenvalue weighted by Crippen LogP contribution is 2.16. The number of halogens is 2. The fourth-order valence-electron chi connectivity index (χ4n) is 3.15. The first-order chi connectivity index (χ1) is 13.0. The van der Waals surface area contributed by atoms with Gasteiger partial charge >= 0.3 is 0 Å². The van der Waals surface area contributed by atoms with Gasteiger partial charge in [0.15, 0.2) is 5.96 Å². The second-order valence-electron chi connectivity index (χ2n) is 6.76. The van der Waals surface area contributed by atoms with Crippen molar-refractivity contribution in [3.05, 3.63) is 34.1 Å². The number of benzene rings is 1. The topological polar surface area (TPSA) is 82.8 Å². The van der Waals surface area contributed by atoms with Gasteiger partial charge in [-0.1, -0.05) is 22.0 Å². The van der Waals surface area contributed by atoms with Crippen molar-refractivity contribution in [1.82, 2.24) is 15.5 Å². The van der Waals surface area contributed by atoms with Crippen LogP contribution in [0.5, 0.6) is 0 Å². The zero-order valence-corrected chi connectivity index (χ0v) is 17.4. The Labute approximate surface area is 168 Å². The summed E-state index contributed by atoms with van der Waals surface area (Å²) in [6, 6.07) is 5.50. The number of carbonyl (C=O) groups excluding carboxylic acids is 1. The minimum Gasteiger partial charge on any atom is -0.369 e. The van der Waals surface area contributed by atoms with Crippen LogP contribution >= 0.6 is 15.9 Å². The molecule has 0 unspecified atom stereocenters. The predicted octanol–water partition coefficient (Wildman–Crippen LogP) is 2.03. The SMILES string of the molecule is CCNC(=NCCCc1ccc(Br)cc1F)NC1CCN(CC(N)=O)CC1. The minimum absolute atomic E-state index is 0.180. The van der Waals surface area contributed by atoms with Crippen LogP contribution in [0.25, 0.3) is 0 Å². The van der Waals surface area contributed by atoms with Gasteiger partial charge in [-0.05, 0) is 50.3 Å². The van der Waals surface area contributed by atoms with E-state index in [-0.39, 0.29) is 11.7 Å². The van der Waals surface area contributed by atoms with Crippen LogP contribution in [0.4, 0.5) is 4.39 Å². The molecule has 0 radical (unpaired) electrons. The number of nitrogens with two attached hydrogens (primary N) is 1. The van der Waals surface area contributed by atoms with Gasteiger partial charge < -0.3 is 16.4 Å². The number of nitrogens with one attached hydrogen (secondary N) is 2. The van der Waals surface area contributed by atoms with Crippen molar-refractivity contribution in [3.63, 3.8) is 0 Å². The van der Waals surface area contributed by atoms with E-state index in [4.69, 9.17) is 5.73 Å². The average Bonchev–Trinajstić information content (AvgIpc) is 2.61. The lowest BCUT2D eigenvalue weighted by Gasteiger charge is -2.32. The number of hydrogen-bond donors (Lipinski definition) is 3. The number of rotatable bonds is 8. The second kappa shape index (κ2) is 11.2. The monoisotopic (exact) mass is 441 g/mol. The van der Waals surface area contributed by atoms with Crippen LogP contribution in [-0.2, 0) is 11.2 Å². The average molecular weight is 442 g/mol. The molecule has 0 saturated carbocycles. The number of amides is 1. The maximum absolute atomic E-state index is 13.9. The van der Waals surface area contributed by atoms with Gasteiger partial charge in [-0.25, -0.2) is 4.39 Å². The number of likely N-dealkylation sites (tertiary alicyclic amines) is 1. The Morgan fingerprint density at radius 1 is 1.41 bits per heavy atom. The molecule has 1 aromatic carbocycles. The van der Waals surface area contributed by atoms with E-state index in [1.54, 1.807) is 0 Å². The zero-order valence-electron chi connectivity index (χ0n) is 15.8. The number of guanidine groups is 1. The maximum atomic E-state index is 13.9. The summed E-state index contributed by atoms with van der Waals surface area (Å²) in [5, 5.41) is 6.73. The van der Waals surface area contributed by atoms with Gasteiger partial charge in [-0.3, -0.25) is 14.7 Å². The number of nitrogens with zero attached hydrogens (tertiary/aromatic N) is 2. The summed E-state index contributed by atoms with van der Waals surface area (Å²) in [4.78, 5) is 17.7. The molecule has 0 aliphatic carbocycles. The van der Waals surface area contributed by atoms with Gasteiger partial charge in [-0.2, -0.15) is 0 Å². The molecule has 8 heteroatoms. The summed E-state index contributed by atoms with van der Waals surface area (Å²) in [5.41, 5.74) is 5.97. The van der Waals surface area contributed by atoms with E-state index in [1.807, 2.05) is 19.1 Å². The van der Waals surface area contributed by atoms with Gasteiger partial charge in [0.1, 0.15) is 5.82 Å². The molecule has 0 aromatic heterocycles. The third-order valence-electron chi connectivity index (χ3n) is 4.54. The molecule has 0 atom stereocenters. The normalized spacial score (nSPS) is 16.3. The van der Waals surface area contributed by atoms with Crippen LogP contribution in [0, 0.1) is 5.82 Å². The Kier molecular flexibility index (Phi) is 9.00. The number of aryl methyl sites for hydroxylation is 1. The van der Waals surface area contributed by atoms with E-state index < -0.39 is 0 Å². The van der Waals surface area contributed by atoms with Crippen molar-refractivity contribution < 1.29 is 9.18 Å². The third kappa shape index (κ3) is 7.84. The lowest BCUT2D eigenvalue weighted by Crippen LogP contribution is -2.49. The summed E-state index contributed by atoms with van der Waals surface area (Å²) in [6.07, 6.45) is 3.34. The smallest absolute Gasteiger partial charge is 0.231 e. The molecule has 1 saturated heterocycles. The van der Waals surface area contributed by atoms with Crippen molar-refractivity contribution in [2.45, 2.75) is 38.6 Å². The van der Waals surface area contributed by atoms with Crippen LogP contribution in [0.15, 0.2) is 27.7 Å². The van der Waals surface area contributed by atoms with Crippen LogP contribution in [0.3, 0.4) is 0 Å². The molecule has 1 aliphatic rings. The summed E-state index contributed by atoms with van der Waals surface area (Å²) >= 11 is 3.27. The van der Waals surface area contributed by atoms with Crippen LogP contribution in [0.1, 0.15) is 31.7 Å². The van der Waals surface area contributed by atoms with Gasteiger partial charge in [0.2, 0.25) is 5.91 Å². The summed E-state index contributed by atoms with van der Waals surface area (Å²) in [7, 11) is 0. The molecule has 1 aliphatic heterocycles. The first-order valence-electron chi connectivity index (χ1n) is 9.47. The van der Waals surface area contributed by atoms with E-state index >= 15 is 0 Å². The number of aliphatic imine (C=N–C) groups is 1. The van der Waals surface area contributed by atoms with Gasteiger partial charge in [0.05, 0.1) is 6.54 Å². The fourth-order valence-corrected chi connectivity index (χ4v) is 3.49. The molecule has 150 valence electrons. The minimum atomic E-state index is -0.279. The van der Waals surface area contributed by atoms with E-state index in [0.717, 1.165) is 49.3 Å². The van der Waals surface area contributed by atoms with Crippen LogP contribution in [0.2, 0.25) is 0 Å². The number of hydrogen-bond acceptors (Lipinski definition) is 3. The number of piperidine rings is 1. The van der Waals surface area contributed by atoms with Crippen LogP contribution in [-0.4, -0.2) is 55.5 Å². The second-order valence-corrected chi connectivity index (χ2v) is 7.68. The van der Waals surface area contributed by atoms with Crippen molar-refractivity contribution in [2.24, 2.45) is 10.7 Å². The van der Waals surface area contributed by atoms with Crippen molar-refractivity contribution in [2.75, 3.05) is 32.7 Å². The van der Waals surface area contributed by atoms with Gasteiger partial charge in [0, 0.05) is 36.7 Å². The molecule has 1 amide bonds. The Balaban J connectivity index is 1.77. The molecule has 0 spiro atoms. The third-order valence-corrected chi connectivity index (χ3v) is 5.03. The predicted molar refractivity (Wildman–Crippen MR) is 110 cm³/mol. The maximum Gasteiger partial charge on any atom is 0.231 e. The highest BCUT2D eigenvalue weighted by Gasteiger charge is 2.20. The Hall–Kier alpha value is -1.67. The Morgan fingerprint density at radius 2 is 2.15 bits per heavy atom. The highest BCUT2D eigenvalue weighted by molar-refractivity contribution is 9.10. The molecule has 27 heavy (non-hydrogen) atoms. The van der Waals surface area contributed by atoms with E-state index in [2.05, 4.69) is 36.5 Å². The summed E-state index contributed by atoms with van der Waals surface area (Å²) in [6.45, 7) is 5.47. The summed E-state index contributed by atoms with van der Waals surface area (Å²) in [5.74, 6) is 0.335. The fraction of sp³-hybridized carbons (Fsp3) is 0.579. The Morgan fingerprint density at radius 3 is 2.78 bits per heavy atom. The standard InChI is InChI=1S/C19H29BrFN5O/c1-2-23-19(25-16-7-10-26(11-8-16)13-18(22)27)24-9-3-4-14-5-6-15(20)12-17(14)21/h5-6,12,16H,2-4,7-11,13H2,1H3,(H2,22,27)(H2,23,24,25). The molecule has 0 bridgehead atoms. The number of primary amides is 1. The lowest BCUT2D eigenvalue weighted by molar-refractivity contribution is -0.119. The first kappa shape index (κ1) is 21.6. The van der Waals surface area contributed by atoms with E-state index in [9.17, 15) is 9.18 Å². The molecule has 6 nitrogen and oxygen atoms in total. The lowest BCUT2D eigenvalue weighted by atomic mass is 10.1. The zero-order chi connectivity index (χ0) is 19.6. The number of carbonyl (C=O) groups is 1. The highest BCUT2D eigenvalue weighted by atomic mass is 79.9. The Bertz CT molecular complexity index is 647. The molecular weight excluding hydrogens is 413 g/mol.